The lowest BCUT2D eigenvalue weighted by atomic mass is 10.1. The Labute approximate surface area is 204 Å². The second-order valence-corrected chi connectivity index (χ2v) is 10.5. The van der Waals surface area contributed by atoms with Gasteiger partial charge in [0.2, 0.25) is 22.2 Å². The van der Waals surface area contributed by atoms with Crippen LogP contribution in [0.15, 0.2) is 29.5 Å². The average molecular weight is 494 g/mol. The van der Waals surface area contributed by atoms with E-state index >= 15 is 0 Å². The summed E-state index contributed by atoms with van der Waals surface area (Å²) in [6, 6.07) is 3.67. The summed E-state index contributed by atoms with van der Waals surface area (Å²) >= 11 is 0. The molecule has 0 amide bonds. The standard InChI is InChI=1S/C23H39N7O3S/c24-20-28-23(25)30(21-10-12-27-13-11-21)15-6-4-2-1-3-5-8-22(34(26,31)32)9-7-14-29-16-18-33-19-17-29/h10-13,22H,1-9,14-19H2,(H2,25,28)(H2,26,31,32). The van der Waals surface area contributed by atoms with E-state index < -0.39 is 15.3 Å². The van der Waals surface area contributed by atoms with Crippen molar-refractivity contribution in [3.8, 4) is 6.19 Å². The highest BCUT2D eigenvalue weighted by molar-refractivity contribution is 7.89. The molecular weight excluding hydrogens is 454 g/mol. The van der Waals surface area contributed by atoms with Crippen LogP contribution in [0.5, 0.6) is 0 Å². The number of pyridine rings is 1. The van der Waals surface area contributed by atoms with Gasteiger partial charge in [-0.3, -0.25) is 9.88 Å². The number of primary sulfonamides is 1. The van der Waals surface area contributed by atoms with Crippen LogP contribution in [-0.4, -0.2) is 68.9 Å². The molecule has 2 rings (SSSR count). The third kappa shape index (κ3) is 10.8. The maximum atomic E-state index is 12.0. The molecule has 11 heteroatoms. The van der Waals surface area contributed by atoms with E-state index in [1.807, 2.05) is 17.0 Å². The molecule has 0 bridgehead atoms. The number of aliphatic imine (C=N–C) groups is 1. The lowest BCUT2D eigenvalue weighted by molar-refractivity contribution is 0.0371. The number of hydrogen-bond acceptors (Lipinski definition) is 7. The van der Waals surface area contributed by atoms with E-state index in [2.05, 4.69) is 14.9 Å². The van der Waals surface area contributed by atoms with Crippen LogP contribution in [0.2, 0.25) is 0 Å². The number of unbranched alkanes of at least 4 members (excludes halogenated alkanes) is 5. The van der Waals surface area contributed by atoms with E-state index in [4.69, 9.17) is 20.9 Å². The molecule has 1 aliphatic rings. The average Bonchev–Trinajstić information content (AvgIpc) is 2.82. The lowest BCUT2D eigenvalue weighted by Crippen LogP contribution is -2.38. The molecular formula is C23H39N7O3S. The summed E-state index contributed by atoms with van der Waals surface area (Å²) in [6.07, 6.45) is 13.0. The number of guanidine groups is 1. The van der Waals surface area contributed by atoms with Crippen molar-refractivity contribution < 1.29 is 13.2 Å². The first-order valence-electron chi connectivity index (χ1n) is 12.1. The first kappa shape index (κ1) is 28.0. The molecule has 4 N–H and O–H groups in total. The van der Waals surface area contributed by atoms with Crippen molar-refractivity contribution in [3.63, 3.8) is 0 Å². The van der Waals surface area contributed by atoms with Gasteiger partial charge in [-0.1, -0.05) is 32.1 Å². The number of nitrogens with zero attached hydrogens (tertiary/aromatic N) is 5. The fraction of sp³-hybridized carbons (Fsp3) is 0.696. The maximum Gasteiger partial charge on any atom is 0.211 e. The molecule has 2 heterocycles. The number of anilines is 1. The van der Waals surface area contributed by atoms with Gasteiger partial charge in [-0.2, -0.15) is 5.26 Å². The first-order chi connectivity index (χ1) is 16.4. The highest BCUT2D eigenvalue weighted by Gasteiger charge is 2.21. The predicted molar refractivity (Wildman–Crippen MR) is 135 cm³/mol. The predicted octanol–water partition coefficient (Wildman–Crippen LogP) is 2.18. The van der Waals surface area contributed by atoms with E-state index in [0.717, 1.165) is 83.5 Å². The Morgan fingerprint density at radius 1 is 1.12 bits per heavy atom. The van der Waals surface area contributed by atoms with Gasteiger partial charge in [0, 0.05) is 37.7 Å². The van der Waals surface area contributed by atoms with Gasteiger partial charge in [0.15, 0.2) is 0 Å². The molecule has 0 saturated carbocycles. The fourth-order valence-electron chi connectivity index (χ4n) is 4.20. The second kappa shape index (κ2) is 15.6. The number of aromatic nitrogens is 1. The molecule has 1 aliphatic heterocycles. The minimum Gasteiger partial charge on any atom is -0.379 e. The van der Waals surface area contributed by atoms with Crippen LogP contribution in [0.3, 0.4) is 0 Å². The Morgan fingerprint density at radius 3 is 2.38 bits per heavy atom. The Balaban J connectivity index is 1.63. The molecule has 0 spiro atoms. The van der Waals surface area contributed by atoms with E-state index in [0.29, 0.717) is 19.4 Å². The highest BCUT2D eigenvalue weighted by atomic mass is 32.2. The van der Waals surface area contributed by atoms with E-state index in [9.17, 15) is 8.42 Å². The van der Waals surface area contributed by atoms with Crippen LogP contribution in [0.1, 0.15) is 57.8 Å². The molecule has 0 radical (unpaired) electrons. The van der Waals surface area contributed by atoms with E-state index in [1.165, 1.54) is 0 Å². The van der Waals surface area contributed by atoms with Gasteiger partial charge in [-0.15, -0.1) is 4.99 Å². The summed E-state index contributed by atoms with van der Waals surface area (Å²) < 4.78 is 29.3. The maximum absolute atomic E-state index is 12.0. The van der Waals surface area contributed by atoms with Gasteiger partial charge in [-0.05, 0) is 44.4 Å². The van der Waals surface area contributed by atoms with Crippen LogP contribution in [0, 0.1) is 11.5 Å². The molecule has 0 aromatic carbocycles. The summed E-state index contributed by atoms with van der Waals surface area (Å²) in [6.45, 7) is 4.89. The number of sulfonamides is 1. The molecule has 190 valence electrons. The molecule has 1 aromatic heterocycles. The minimum absolute atomic E-state index is 0.177. The largest absolute Gasteiger partial charge is 0.379 e. The van der Waals surface area contributed by atoms with Crippen molar-refractivity contribution in [2.75, 3.05) is 44.3 Å². The van der Waals surface area contributed by atoms with Crippen molar-refractivity contribution in [3.05, 3.63) is 24.5 Å². The summed E-state index contributed by atoms with van der Waals surface area (Å²) in [7, 11) is -3.52. The van der Waals surface area contributed by atoms with Gasteiger partial charge in [0.05, 0.1) is 18.5 Å². The van der Waals surface area contributed by atoms with Crippen molar-refractivity contribution >= 4 is 21.7 Å². The summed E-state index contributed by atoms with van der Waals surface area (Å²) in [4.78, 5) is 11.8. The van der Waals surface area contributed by atoms with Gasteiger partial charge in [0.1, 0.15) is 0 Å². The SMILES string of the molecule is N#CN=C(N)N(CCCCCCCCC(CCCN1CCOCC1)S(N)(=O)=O)c1ccncc1. The molecule has 10 nitrogen and oxygen atoms in total. The number of nitriles is 1. The molecule has 1 unspecified atom stereocenters. The topological polar surface area (TPSA) is 151 Å². The Kier molecular flexibility index (Phi) is 12.8. The van der Waals surface area contributed by atoms with Crippen molar-refractivity contribution in [2.45, 2.75) is 63.0 Å². The number of rotatable bonds is 15. The van der Waals surface area contributed by atoms with Crippen molar-refractivity contribution in [1.29, 1.82) is 5.26 Å². The van der Waals surface area contributed by atoms with E-state index in [-0.39, 0.29) is 5.96 Å². The molecule has 1 atom stereocenters. The summed E-state index contributed by atoms with van der Waals surface area (Å²) in [5.41, 5.74) is 6.80. The van der Waals surface area contributed by atoms with E-state index in [1.54, 1.807) is 18.6 Å². The molecule has 1 fully saturated rings. The molecule has 1 aromatic rings. The smallest absolute Gasteiger partial charge is 0.211 e. The monoisotopic (exact) mass is 493 g/mol. The Bertz CT molecular complexity index is 868. The summed E-state index contributed by atoms with van der Waals surface area (Å²) in [5, 5.41) is 13.9. The zero-order valence-electron chi connectivity index (χ0n) is 20.0. The fourth-order valence-corrected chi connectivity index (χ4v) is 5.19. The number of hydrogen-bond donors (Lipinski definition) is 2. The van der Waals surface area contributed by atoms with Crippen LogP contribution >= 0.6 is 0 Å². The third-order valence-electron chi connectivity index (χ3n) is 6.14. The van der Waals surface area contributed by atoms with Crippen LogP contribution in [0.25, 0.3) is 0 Å². The van der Waals surface area contributed by atoms with Gasteiger partial charge < -0.3 is 15.4 Å². The zero-order chi connectivity index (χ0) is 24.7. The lowest BCUT2D eigenvalue weighted by Gasteiger charge is -2.27. The van der Waals surface area contributed by atoms with Crippen LogP contribution < -0.4 is 15.8 Å². The molecule has 34 heavy (non-hydrogen) atoms. The van der Waals surface area contributed by atoms with Crippen LogP contribution in [0.4, 0.5) is 5.69 Å². The normalized spacial score (nSPS) is 16.2. The Morgan fingerprint density at radius 2 is 1.74 bits per heavy atom. The first-order valence-corrected chi connectivity index (χ1v) is 13.7. The Hall–Kier alpha value is -2.26. The second-order valence-electron chi connectivity index (χ2n) is 8.64. The molecule has 0 aliphatic carbocycles. The minimum atomic E-state index is -3.52. The van der Waals surface area contributed by atoms with Crippen molar-refractivity contribution in [2.24, 2.45) is 15.9 Å². The quantitative estimate of drug-likeness (QED) is 0.163. The summed E-state index contributed by atoms with van der Waals surface area (Å²) in [5.74, 6) is 0.177. The zero-order valence-corrected chi connectivity index (χ0v) is 20.8. The number of morpholine rings is 1. The highest BCUT2D eigenvalue weighted by Crippen LogP contribution is 2.18. The molecule has 1 saturated heterocycles. The third-order valence-corrected chi connectivity index (χ3v) is 7.54. The number of nitrogens with two attached hydrogens (primary N) is 2. The van der Waals surface area contributed by atoms with Gasteiger partial charge in [-0.25, -0.2) is 13.6 Å². The van der Waals surface area contributed by atoms with Crippen molar-refractivity contribution in [1.82, 2.24) is 9.88 Å². The van der Waals surface area contributed by atoms with Gasteiger partial charge >= 0.3 is 0 Å². The van der Waals surface area contributed by atoms with Gasteiger partial charge in [0.25, 0.3) is 0 Å². The number of ether oxygens (including phenoxy) is 1. The van der Waals surface area contributed by atoms with Crippen LogP contribution in [-0.2, 0) is 14.8 Å².